The Morgan fingerprint density at radius 2 is 2.06 bits per heavy atom. The van der Waals surface area contributed by atoms with Crippen LogP contribution in [0.1, 0.15) is 17.2 Å². The smallest absolute Gasteiger partial charge is 0.126 e. The molecule has 2 rings (SSSR count). The molecule has 1 heterocycles. The topological polar surface area (TPSA) is 81.9 Å². The molecule has 0 amide bonds. The van der Waals surface area contributed by atoms with Gasteiger partial charge in [0.05, 0.1) is 12.2 Å². The Morgan fingerprint density at radius 1 is 1.39 bits per heavy atom. The molecule has 1 aromatic carbocycles. The highest BCUT2D eigenvalue weighted by Gasteiger charge is 2.16. The highest BCUT2D eigenvalue weighted by atomic mass is 79.9. The number of hydrogen-bond donors (Lipinski definition) is 3. The SMILES string of the molecule is Cn1ncc(C(Cc2ccc(Br)cc2)NN)c1N. The Balaban J connectivity index is 2.19. The predicted molar refractivity (Wildman–Crippen MR) is 75.5 cm³/mol. The minimum Gasteiger partial charge on any atom is -0.384 e. The molecular weight excluding hydrogens is 294 g/mol. The molecule has 1 unspecified atom stereocenters. The quantitative estimate of drug-likeness (QED) is 0.590. The van der Waals surface area contributed by atoms with E-state index in [4.69, 9.17) is 11.6 Å². The molecule has 0 saturated carbocycles. The maximum absolute atomic E-state index is 5.95. The van der Waals surface area contributed by atoms with Gasteiger partial charge in [0.25, 0.3) is 0 Å². The van der Waals surface area contributed by atoms with Gasteiger partial charge in [0.2, 0.25) is 0 Å². The first kappa shape index (κ1) is 13.1. The van der Waals surface area contributed by atoms with Crippen LogP contribution in [0, 0.1) is 0 Å². The van der Waals surface area contributed by atoms with Gasteiger partial charge in [0, 0.05) is 17.1 Å². The Hall–Kier alpha value is -1.37. The molecule has 0 fully saturated rings. The number of halogens is 1. The number of nitrogens with two attached hydrogens (primary N) is 2. The van der Waals surface area contributed by atoms with E-state index in [0.717, 1.165) is 16.5 Å². The minimum atomic E-state index is -0.0418. The van der Waals surface area contributed by atoms with Crippen molar-refractivity contribution >= 4 is 21.7 Å². The molecule has 96 valence electrons. The highest BCUT2D eigenvalue weighted by molar-refractivity contribution is 9.10. The number of hydrogen-bond acceptors (Lipinski definition) is 4. The molecule has 1 atom stereocenters. The number of nitrogens with zero attached hydrogens (tertiary/aromatic N) is 2. The van der Waals surface area contributed by atoms with Crippen LogP contribution in [-0.4, -0.2) is 9.78 Å². The average molecular weight is 310 g/mol. The lowest BCUT2D eigenvalue weighted by Gasteiger charge is -2.15. The summed E-state index contributed by atoms with van der Waals surface area (Å²) < 4.78 is 2.70. The van der Waals surface area contributed by atoms with Crippen LogP contribution < -0.4 is 17.0 Å². The molecule has 0 bridgehead atoms. The molecule has 0 aliphatic carbocycles. The first-order chi connectivity index (χ1) is 8.61. The van der Waals surface area contributed by atoms with Gasteiger partial charge < -0.3 is 5.73 Å². The third-order valence-corrected chi connectivity index (χ3v) is 3.47. The molecular formula is C12H16BrN5. The molecule has 0 radical (unpaired) electrons. The second-order valence-electron chi connectivity index (χ2n) is 4.16. The van der Waals surface area contributed by atoms with Crippen molar-refractivity contribution in [3.63, 3.8) is 0 Å². The Labute approximate surface area is 114 Å². The monoisotopic (exact) mass is 309 g/mol. The number of rotatable bonds is 4. The van der Waals surface area contributed by atoms with Gasteiger partial charge in [-0.05, 0) is 24.1 Å². The van der Waals surface area contributed by atoms with Crippen LogP contribution >= 0.6 is 15.9 Å². The van der Waals surface area contributed by atoms with E-state index in [1.807, 2.05) is 19.2 Å². The second-order valence-corrected chi connectivity index (χ2v) is 5.07. The lowest BCUT2D eigenvalue weighted by Crippen LogP contribution is -2.30. The van der Waals surface area contributed by atoms with Crippen molar-refractivity contribution in [3.05, 3.63) is 46.1 Å². The Kier molecular flexibility index (Phi) is 4.00. The molecule has 0 aliphatic heterocycles. The van der Waals surface area contributed by atoms with E-state index in [2.05, 4.69) is 38.6 Å². The number of nitrogens with one attached hydrogen (secondary N) is 1. The summed E-state index contributed by atoms with van der Waals surface area (Å²) in [5.41, 5.74) is 10.8. The zero-order valence-electron chi connectivity index (χ0n) is 10.1. The van der Waals surface area contributed by atoms with Crippen molar-refractivity contribution in [2.75, 3.05) is 5.73 Å². The molecule has 0 aliphatic rings. The van der Waals surface area contributed by atoms with Crippen LogP contribution in [0.25, 0.3) is 0 Å². The zero-order chi connectivity index (χ0) is 13.1. The molecule has 5 nitrogen and oxygen atoms in total. The van der Waals surface area contributed by atoms with E-state index < -0.39 is 0 Å². The third kappa shape index (κ3) is 2.72. The number of aromatic nitrogens is 2. The average Bonchev–Trinajstić information content (AvgIpc) is 2.70. The molecule has 5 N–H and O–H groups in total. The largest absolute Gasteiger partial charge is 0.384 e. The summed E-state index contributed by atoms with van der Waals surface area (Å²) >= 11 is 3.41. The zero-order valence-corrected chi connectivity index (χ0v) is 11.7. The van der Waals surface area contributed by atoms with Gasteiger partial charge in [-0.15, -0.1) is 0 Å². The molecule has 2 aromatic rings. The fourth-order valence-electron chi connectivity index (χ4n) is 1.85. The van der Waals surface area contributed by atoms with Crippen molar-refractivity contribution in [1.82, 2.24) is 15.2 Å². The first-order valence-electron chi connectivity index (χ1n) is 5.59. The first-order valence-corrected chi connectivity index (χ1v) is 6.39. The number of benzene rings is 1. The van der Waals surface area contributed by atoms with Crippen LogP contribution in [-0.2, 0) is 13.5 Å². The molecule has 18 heavy (non-hydrogen) atoms. The molecule has 0 saturated heterocycles. The summed E-state index contributed by atoms with van der Waals surface area (Å²) in [5, 5.41) is 4.13. The summed E-state index contributed by atoms with van der Waals surface area (Å²) in [5.74, 6) is 6.24. The highest BCUT2D eigenvalue weighted by Crippen LogP contribution is 2.23. The summed E-state index contributed by atoms with van der Waals surface area (Å²) in [4.78, 5) is 0. The third-order valence-electron chi connectivity index (χ3n) is 2.94. The summed E-state index contributed by atoms with van der Waals surface area (Å²) in [6.07, 6.45) is 2.51. The van der Waals surface area contributed by atoms with Gasteiger partial charge in [-0.2, -0.15) is 5.10 Å². The van der Waals surface area contributed by atoms with Gasteiger partial charge in [0.15, 0.2) is 0 Å². The van der Waals surface area contributed by atoms with Crippen molar-refractivity contribution < 1.29 is 0 Å². The van der Waals surface area contributed by atoms with Crippen molar-refractivity contribution in [2.24, 2.45) is 12.9 Å². The van der Waals surface area contributed by atoms with Crippen molar-refractivity contribution in [3.8, 4) is 0 Å². The minimum absolute atomic E-state index is 0.0418. The van der Waals surface area contributed by atoms with Gasteiger partial charge in [0.1, 0.15) is 5.82 Å². The number of anilines is 1. The maximum atomic E-state index is 5.95. The summed E-state index contributed by atoms with van der Waals surface area (Å²) in [7, 11) is 1.81. The molecule has 0 spiro atoms. The lowest BCUT2D eigenvalue weighted by molar-refractivity contribution is 0.553. The van der Waals surface area contributed by atoms with Gasteiger partial charge in [-0.25, -0.2) is 0 Å². The summed E-state index contributed by atoms with van der Waals surface area (Å²) in [6, 6.07) is 8.09. The normalized spacial score (nSPS) is 12.6. The van der Waals surface area contributed by atoms with Crippen LogP contribution in [0.15, 0.2) is 34.9 Å². The Morgan fingerprint density at radius 3 is 2.56 bits per heavy atom. The predicted octanol–water partition coefficient (Wildman–Crippen LogP) is 1.51. The van der Waals surface area contributed by atoms with E-state index in [1.54, 1.807) is 10.9 Å². The fraction of sp³-hybridized carbons (Fsp3) is 0.250. The number of aryl methyl sites for hydroxylation is 1. The Bertz CT molecular complexity index is 520. The number of hydrazine groups is 1. The van der Waals surface area contributed by atoms with Gasteiger partial charge in [-0.1, -0.05) is 28.1 Å². The van der Waals surface area contributed by atoms with E-state index in [1.165, 1.54) is 5.56 Å². The van der Waals surface area contributed by atoms with Gasteiger partial charge in [-0.3, -0.25) is 16.0 Å². The maximum Gasteiger partial charge on any atom is 0.126 e. The molecule has 1 aromatic heterocycles. The fourth-order valence-corrected chi connectivity index (χ4v) is 2.11. The van der Waals surface area contributed by atoms with E-state index in [0.29, 0.717) is 5.82 Å². The van der Waals surface area contributed by atoms with Crippen LogP contribution in [0.3, 0.4) is 0 Å². The van der Waals surface area contributed by atoms with Crippen molar-refractivity contribution in [2.45, 2.75) is 12.5 Å². The van der Waals surface area contributed by atoms with Crippen LogP contribution in [0.2, 0.25) is 0 Å². The van der Waals surface area contributed by atoms with E-state index in [9.17, 15) is 0 Å². The summed E-state index contributed by atoms with van der Waals surface area (Å²) in [6.45, 7) is 0. The standard InChI is InChI=1S/C12H16BrN5/c1-18-12(14)10(7-16-18)11(17-15)6-8-2-4-9(13)5-3-8/h2-5,7,11,17H,6,14-15H2,1H3. The van der Waals surface area contributed by atoms with Crippen LogP contribution in [0.4, 0.5) is 5.82 Å². The molecule has 6 heteroatoms. The lowest BCUT2D eigenvalue weighted by atomic mass is 10.0. The van der Waals surface area contributed by atoms with E-state index >= 15 is 0 Å². The number of nitrogen functional groups attached to an aromatic ring is 1. The van der Waals surface area contributed by atoms with Crippen molar-refractivity contribution in [1.29, 1.82) is 0 Å². The van der Waals surface area contributed by atoms with E-state index in [-0.39, 0.29) is 6.04 Å². The second kappa shape index (κ2) is 5.51. The van der Waals surface area contributed by atoms with Crippen LogP contribution in [0.5, 0.6) is 0 Å². The van der Waals surface area contributed by atoms with Gasteiger partial charge >= 0.3 is 0 Å².